The molecule has 1 aromatic carbocycles. The van der Waals surface area contributed by atoms with Crippen molar-refractivity contribution in [1.82, 2.24) is 5.32 Å². The third-order valence-corrected chi connectivity index (χ3v) is 2.14. The van der Waals surface area contributed by atoms with Gasteiger partial charge in [0.25, 0.3) is 0 Å². The fraction of sp³-hybridized carbons (Fsp3) is 0.455. The van der Waals surface area contributed by atoms with Crippen LogP contribution in [-0.4, -0.2) is 22.7 Å². The van der Waals surface area contributed by atoms with Gasteiger partial charge in [-0.2, -0.15) is 0 Å². The fourth-order valence-corrected chi connectivity index (χ4v) is 1.31. The van der Waals surface area contributed by atoms with Crippen LogP contribution in [0.5, 0.6) is 0 Å². The first kappa shape index (κ1) is 12.2. The third-order valence-electron chi connectivity index (χ3n) is 2.14. The van der Waals surface area contributed by atoms with Crippen LogP contribution in [0.3, 0.4) is 0 Å². The quantitative estimate of drug-likeness (QED) is 0.623. The second-order valence-electron chi connectivity index (χ2n) is 4.68. The molecular formula is C11H18BNO2. The van der Waals surface area contributed by atoms with Crippen molar-refractivity contribution in [2.75, 3.05) is 0 Å². The second kappa shape index (κ2) is 4.79. The van der Waals surface area contributed by atoms with Crippen LogP contribution in [0.2, 0.25) is 0 Å². The molecule has 82 valence electrons. The Kier molecular flexibility index (Phi) is 3.91. The molecule has 0 unspecified atom stereocenters. The van der Waals surface area contributed by atoms with Crippen LogP contribution >= 0.6 is 0 Å². The minimum atomic E-state index is -1.40. The zero-order chi connectivity index (χ0) is 11.5. The van der Waals surface area contributed by atoms with Crippen molar-refractivity contribution in [2.24, 2.45) is 0 Å². The molecule has 1 rings (SSSR count). The van der Waals surface area contributed by atoms with Gasteiger partial charge in [0.1, 0.15) is 0 Å². The smallest absolute Gasteiger partial charge is 0.423 e. The van der Waals surface area contributed by atoms with Gasteiger partial charge in [0.15, 0.2) is 0 Å². The number of benzene rings is 1. The van der Waals surface area contributed by atoms with Crippen LogP contribution in [0.25, 0.3) is 0 Å². The van der Waals surface area contributed by atoms with E-state index in [0.29, 0.717) is 12.0 Å². The number of hydrogen-bond donors (Lipinski definition) is 3. The van der Waals surface area contributed by atoms with E-state index in [2.05, 4.69) is 26.1 Å². The molecule has 0 aliphatic rings. The molecule has 0 aliphatic carbocycles. The van der Waals surface area contributed by atoms with E-state index in [1.807, 2.05) is 12.1 Å². The van der Waals surface area contributed by atoms with E-state index in [9.17, 15) is 0 Å². The Balaban J connectivity index is 2.76. The molecule has 0 radical (unpaired) electrons. The maximum atomic E-state index is 9.16. The highest BCUT2D eigenvalue weighted by Gasteiger charge is 2.16. The van der Waals surface area contributed by atoms with E-state index < -0.39 is 7.12 Å². The highest BCUT2D eigenvalue weighted by molar-refractivity contribution is 6.59. The van der Waals surface area contributed by atoms with Crippen LogP contribution in [0.4, 0.5) is 0 Å². The molecule has 0 aromatic heterocycles. The Hall–Kier alpha value is -0.835. The summed E-state index contributed by atoms with van der Waals surface area (Å²) in [5.41, 5.74) is 1.50. The summed E-state index contributed by atoms with van der Waals surface area (Å²) in [6.45, 7) is 6.86. The molecule has 1 aromatic rings. The summed E-state index contributed by atoms with van der Waals surface area (Å²) in [6, 6.07) is 7.32. The van der Waals surface area contributed by atoms with Gasteiger partial charge in [-0.05, 0) is 31.8 Å². The summed E-state index contributed by atoms with van der Waals surface area (Å²) < 4.78 is 0. The first-order valence-corrected chi connectivity index (χ1v) is 5.09. The Morgan fingerprint density at radius 3 is 2.33 bits per heavy atom. The lowest BCUT2D eigenvalue weighted by Crippen LogP contribution is -2.39. The van der Waals surface area contributed by atoms with E-state index in [4.69, 9.17) is 10.0 Å². The fourth-order valence-electron chi connectivity index (χ4n) is 1.31. The largest absolute Gasteiger partial charge is 0.488 e. The molecule has 4 heteroatoms. The molecule has 0 spiro atoms. The van der Waals surface area contributed by atoms with Gasteiger partial charge in [0.2, 0.25) is 0 Å². The van der Waals surface area contributed by atoms with Gasteiger partial charge in [-0.1, -0.05) is 24.3 Å². The lowest BCUT2D eigenvalue weighted by Gasteiger charge is -2.21. The van der Waals surface area contributed by atoms with Gasteiger partial charge in [-0.3, -0.25) is 0 Å². The molecule has 3 nitrogen and oxygen atoms in total. The van der Waals surface area contributed by atoms with Crippen molar-refractivity contribution >= 4 is 12.6 Å². The van der Waals surface area contributed by atoms with Crippen molar-refractivity contribution in [2.45, 2.75) is 32.9 Å². The number of nitrogens with one attached hydrogen (secondary N) is 1. The molecule has 0 saturated carbocycles. The summed E-state index contributed by atoms with van der Waals surface area (Å²) in [7, 11) is -1.40. The zero-order valence-electron chi connectivity index (χ0n) is 9.49. The van der Waals surface area contributed by atoms with E-state index in [1.165, 1.54) is 0 Å². The molecule has 0 saturated heterocycles. The van der Waals surface area contributed by atoms with Gasteiger partial charge in [0.05, 0.1) is 0 Å². The van der Waals surface area contributed by atoms with Crippen molar-refractivity contribution in [1.29, 1.82) is 0 Å². The van der Waals surface area contributed by atoms with Crippen molar-refractivity contribution < 1.29 is 10.0 Å². The molecule has 0 atom stereocenters. The molecule has 0 heterocycles. The Labute approximate surface area is 91.3 Å². The summed E-state index contributed by atoms with van der Waals surface area (Å²) in [5.74, 6) is 0. The number of hydrogen-bond acceptors (Lipinski definition) is 3. The molecule has 0 amide bonds. The van der Waals surface area contributed by atoms with Crippen LogP contribution in [0.15, 0.2) is 24.3 Å². The second-order valence-corrected chi connectivity index (χ2v) is 4.68. The van der Waals surface area contributed by atoms with E-state index in [1.54, 1.807) is 12.1 Å². The van der Waals surface area contributed by atoms with Crippen LogP contribution < -0.4 is 10.8 Å². The van der Waals surface area contributed by atoms with Gasteiger partial charge in [-0.25, -0.2) is 0 Å². The molecule has 15 heavy (non-hydrogen) atoms. The molecule has 0 fully saturated rings. The Morgan fingerprint density at radius 1 is 1.20 bits per heavy atom. The zero-order valence-corrected chi connectivity index (χ0v) is 9.49. The predicted octanol–water partition coefficient (Wildman–Crippen LogP) is 0.254. The topological polar surface area (TPSA) is 52.5 Å². The average Bonchev–Trinajstić information content (AvgIpc) is 2.14. The normalized spacial score (nSPS) is 11.5. The Morgan fingerprint density at radius 2 is 1.80 bits per heavy atom. The standard InChI is InChI=1S/C11H18BNO2/c1-11(2,3)13-8-9-6-4-5-7-10(9)12(14)15/h4-7,13-15H,8H2,1-3H3. The van der Waals surface area contributed by atoms with Crippen molar-refractivity contribution in [3.8, 4) is 0 Å². The van der Waals surface area contributed by atoms with Gasteiger partial charge < -0.3 is 15.4 Å². The maximum absolute atomic E-state index is 9.16. The molecule has 0 aliphatic heterocycles. The first-order chi connectivity index (χ1) is 6.90. The van der Waals surface area contributed by atoms with Crippen LogP contribution in [-0.2, 0) is 6.54 Å². The van der Waals surface area contributed by atoms with Crippen LogP contribution in [0, 0.1) is 0 Å². The lowest BCUT2D eigenvalue weighted by atomic mass is 9.77. The van der Waals surface area contributed by atoms with Crippen molar-refractivity contribution in [3.05, 3.63) is 29.8 Å². The van der Waals surface area contributed by atoms with Gasteiger partial charge in [-0.15, -0.1) is 0 Å². The lowest BCUT2D eigenvalue weighted by molar-refractivity contribution is 0.417. The summed E-state index contributed by atoms with van der Waals surface area (Å²) in [6.07, 6.45) is 0. The summed E-state index contributed by atoms with van der Waals surface area (Å²) in [4.78, 5) is 0. The molecule has 0 bridgehead atoms. The monoisotopic (exact) mass is 207 g/mol. The van der Waals surface area contributed by atoms with Crippen LogP contribution in [0.1, 0.15) is 26.3 Å². The summed E-state index contributed by atoms with van der Waals surface area (Å²) >= 11 is 0. The number of rotatable bonds is 3. The molecular weight excluding hydrogens is 189 g/mol. The minimum absolute atomic E-state index is 0.0213. The first-order valence-electron chi connectivity index (χ1n) is 5.09. The predicted molar refractivity (Wildman–Crippen MR) is 62.9 cm³/mol. The average molecular weight is 207 g/mol. The van der Waals surface area contributed by atoms with E-state index in [-0.39, 0.29) is 5.54 Å². The van der Waals surface area contributed by atoms with Gasteiger partial charge >= 0.3 is 7.12 Å². The SMILES string of the molecule is CC(C)(C)NCc1ccccc1B(O)O. The Bertz CT molecular complexity index is 321. The van der Waals surface area contributed by atoms with Crippen molar-refractivity contribution in [3.63, 3.8) is 0 Å². The summed E-state index contributed by atoms with van der Waals surface area (Å²) in [5, 5.41) is 21.6. The maximum Gasteiger partial charge on any atom is 0.488 e. The minimum Gasteiger partial charge on any atom is -0.423 e. The highest BCUT2D eigenvalue weighted by Crippen LogP contribution is 2.03. The van der Waals surface area contributed by atoms with Gasteiger partial charge in [0, 0.05) is 12.1 Å². The molecule has 3 N–H and O–H groups in total. The van der Waals surface area contributed by atoms with E-state index >= 15 is 0 Å². The highest BCUT2D eigenvalue weighted by atomic mass is 16.4. The third kappa shape index (κ3) is 4.04. The van der Waals surface area contributed by atoms with E-state index in [0.717, 1.165) is 5.56 Å².